The van der Waals surface area contributed by atoms with Crippen LogP contribution >= 0.6 is 0 Å². The zero-order chi connectivity index (χ0) is 11.7. The smallest absolute Gasteiger partial charge is 0.130 e. The highest BCUT2D eigenvalue weighted by Gasteiger charge is 2.15. The molecule has 1 heterocycles. The van der Waals surface area contributed by atoms with E-state index in [-0.39, 0.29) is 6.04 Å². The van der Waals surface area contributed by atoms with E-state index in [1.165, 1.54) is 0 Å². The molecule has 0 atom stereocenters. The lowest BCUT2D eigenvalue weighted by Gasteiger charge is -2.08. The van der Waals surface area contributed by atoms with E-state index >= 15 is 0 Å². The third-order valence-corrected chi connectivity index (χ3v) is 2.67. The van der Waals surface area contributed by atoms with Crippen LogP contribution in [-0.4, -0.2) is 9.78 Å². The number of anilines is 1. The van der Waals surface area contributed by atoms with Crippen molar-refractivity contribution in [1.29, 1.82) is 0 Å². The number of hydrogen-bond donors (Lipinski definition) is 1. The first-order valence-electron chi connectivity index (χ1n) is 5.51. The Morgan fingerprint density at radius 3 is 2.31 bits per heavy atom. The molecule has 0 unspecified atom stereocenters. The Hall–Kier alpha value is -1.77. The zero-order valence-corrected chi connectivity index (χ0v) is 9.94. The van der Waals surface area contributed by atoms with Crippen LogP contribution in [0.15, 0.2) is 30.3 Å². The maximum Gasteiger partial charge on any atom is 0.130 e. The lowest BCUT2D eigenvalue weighted by molar-refractivity contribution is 0.537. The number of hydrogen-bond acceptors (Lipinski definition) is 2. The van der Waals surface area contributed by atoms with E-state index in [1.807, 2.05) is 29.8 Å². The molecule has 1 aromatic carbocycles. The molecule has 0 radical (unpaired) electrons. The van der Waals surface area contributed by atoms with Gasteiger partial charge in [-0.25, -0.2) is 4.68 Å². The first-order chi connectivity index (χ1) is 7.61. The van der Waals surface area contributed by atoms with Crippen molar-refractivity contribution in [2.24, 2.45) is 0 Å². The zero-order valence-electron chi connectivity index (χ0n) is 9.94. The molecule has 0 fully saturated rings. The van der Waals surface area contributed by atoms with Crippen LogP contribution in [0.3, 0.4) is 0 Å². The van der Waals surface area contributed by atoms with E-state index in [2.05, 4.69) is 31.1 Å². The van der Waals surface area contributed by atoms with Gasteiger partial charge in [0, 0.05) is 11.6 Å². The Balaban J connectivity index is 2.58. The minimum absolute atomic E-state index is 0.288. The average molecular weight is 215 g/mol. The van der Waals surface area contributed by atoms with E-state index in [1.54, 1.807) is 0 Å². The van der Waals surface area contributed by atoms with Gasteiger partial charge >= 0.3 is 0 Å². The Bertz CT molecular complexity index is 483. The molecule has 84 valence electrons. The summed E-state index contributed by atoms with van der Waals surface area (Å²) in [7, 11) is 0. The van der Waals surface area contributed by atoms with Crippen LogP contribution in [0.25, 0.3) is 11.1 Å². The number of aromatic nitrogens is 2. The van der Waals surface area contributed by atoms with Crippen molar-refractivity contribution in [3.05, 3.63) is 36.0 Å². The van der Waals surface area contributed by atoms with Gasteiger partial charge < -0.3 is 5.73 Å². The second kappa shape index (κ2) is 4.00. The standard InChI is InChI=1S/C13H17N3/c1-9(2)16-13(14)12(10(3)15-16)11-7-5-4-6-8-11/h4-9H,14H2,1-3H3. The highest BCUT2D eigenvalue weighted by atomic mass is 15.3. The fraction of sp³-hybridized carbons (Fsp3) is 0.308. The van der Waals surface area contributed by atoms with Gasteiger partial charge in [0.2, 0.25) is 0 Å². The Morgan fingerprint density at radius 1 is 1.19 bits per heavy atom. The molecule has 0 aliphatic rings. The summed E-state index contributed by atoms with van der Waals surface area (Å²) < 4.78 is 1.87. The van der Waals surface area contributed by atoms with Gasteiger partial charge in [0.25, 0.3) is 0 Å². The summed E-state index contributed by atoms with van der Waals surface area (Å²) in [5.74, 6) is 0.749. The molecule has 2 N–H and O–H groups in total. The largest absolute Gasteiger partial charge is 0.383 e. The molecule has 2 rings (SSSR count). The van der Waals surface area contributed by atoms with Crippen molar-refractivity contribution >= 4 is 5.82 Å². The van der Waals surface area contributed by atoms with Gasteiger partial charge in [0.1, 0.15) is 5.82 Å². The fourth-order valence-corrected chi connectivity index (χ4v) is 1.92. The van der Waals surface area contributed by atoms with Gasteiger partial charge in [-0.1, -0.05) is 30.3 Å². The van der Waals surface area contributed by atoms with Gasteiger partial charge in [-0.3, -0.25) is 0 Å². The van der Waals surface area contributed by atoms with Gasteiger partial charge in [0.15, 0.2) is 0 Å². The highest BCUT2D eigenvalue weighted by Crippen LogP contribution is 2.30. The number of nitrogens with two attached hydrogens (primary N) is 1. The highest BCUT2D eigenvalue weighted by molar-refractivity contribution is 5.76. The van der Waals surface area contributed by atoms with Crippen LogP contribution in [0.1, 0.15) is 25.6 Å². The second-order valence-electron chi connectivity index (χ2n) is 4.25. The predicted octanol–water partition coefficient (Wildman–Crippen LogP) is 3.02. The number of nitrogens with zero attached hydrogens (tertiary/aromatic N) is 2. The van der Waals surface area contributed by atoms with Crippen LogP contribution in [0.2, 0.25) is 0 Å². The molecule has 1 aromatic heterocycles. The third-order valence-electron chi connectivity index (χ3n) is 2.67. The summed E-state index contributed by atoms with van der Waals surface area (Å²) in [6, 6.07) is 10.4. The molecular formula is C13H17N3. The monoisotopic (exact) mass is 215 g/mol. The lowest BCUT2D eigenvalue weighted by atomic mass is 10.1. The molecule has 0 bridgehead atoms. The van der Waals surface area contributed by atoms with Crippen LogP contribution < -0.4 is 5.73 Å². The van der Waals surface area contributed by atoms with Crippen molar-refractivity contribution in [2.45, 2.75) is 26.8 Å². The summed E-state index contributed by atoms with van der Waals surface area (Å²) in [6.07, 6.45) is 0. The van der Waals surface area contributed by atoms with Crippen molar-refractivity contribution in [2.75, 3.05) is 5.73 Å². The quantitative estimate of drug-likeness (QED) is 0.836. The molecule has 2 aromatic rings. The molecule has 0 amide bonds. The van der Waals surface area contributed by atoms with Crippen molar-refractivity contribution in [3.63, 3.8) is 0 Å². The van der Waals surface area contributed by atoms with E-state index in [0.717, 1.165) is 22.6 Å². The minimum Gasteiger partial charge on any atom is -0.383 e. The second-order valence-corrected chi connectivity index (χ2v) is 4.25. The van der Waals surface area contributed by atoms with Gasteiger partial charge in [0.05, 0.1) is 5.69 Å². The van der Waals surface area contributed by atoms with Crippen LogP contribution in [0.5, 0.6) is 0 Å². The van der Waals surface area contributed by atoms with E-state index in [4.69, 9.17) is 5.73 Å². The molecule has 0 saturated carbocycles. The number of benzene rings is 1. The number of aryl methyl sites for hydroxylation is 1. The Morgan fingerprint density at radius 2 is 1.81 bits per heavy atom. The lowest BCUT2D eigenvalue weighted by Crippen LogP contribution is -2.07. The maximum absolute atomic E-state index is 6.14. The van der Waals surface area contributed by atoms with Crippen LogP contribution in [0, 0.1) is 6.92 Å². The summed E-state index contributed by atoms with van der Waals surface area (Å²) in [4.78, 5) is 0. The summed E-state index contributed by atoms with van der Waals surface area (Å²) in [5, 5.41) is 4.48. The van der Waals surface area contributed by atoms with E-state index in [9.17, 15) is 0 Å². The first kappa shape index (κ1) is 10.7. The van der Waals surface area contributed by atoms with Crippen molar-refractivity contribution in [1.82, 2.24) is 9.78 Å². The molecule has 0 saturated heterocycles. The van der Waals surface area contributed by atoms with Crippen molar-refractivity contribution in [3.8, 4) is 11.1 Å². The van der Waals surface area contributed by atoms with Crippen molar-refractivity contribution < 1.29 is 0 Å². The Labute approximate surface area is 95.9 Å². The SMILES string of the molecule is Cc1nn(C(C)C)c(N)c1-c1ccccc1. The third kappa shape index (κ3) is 1.69. The molecule has 16 heavy (non-hydrogen) atoms. The topological polar surface area (TPSA) is 43.8 Å². The molecular weight excluding hydrogens is 198 g/mol. The molecule has 0 aliphatic heterocycles. The first-order valence-corrected chi connectivity index (χ1v) is 5.51. The van der Waals surface area contributed by atoms with Crippen LogP contribution in [0.4, 0.5) is 5.82 Å². The van der Waals surface area contributed by atoms with E-state index < -0.39 is 0 Å². The molecule has 3 nitrogen and oxygen atoms in total. The number of nitrogen functional groups attached to an aromatic ring is 1. The summed E-state index contributed by atoms with van der Waals surface area (Å²) in [5.41, 5.74) is 9.30. The molecule has 3 heteroatoms. The van der Waals surface area contributed by atoms with Gasteiger partial charge in [-0.15, -0.1) is 0 Å². The predicted molar refractivity (Wildman–Crippen MR) is 67.2 cm³/mol. The fourth-order valence-electron chi connectivity index (χ4n) is 1.92. The summed E-state index contributed by atoms with van der Waals surface area (Å²) >= 11 is 0. The van der Waals surface area contributed by atoms with Gasteiger partial charge in [-0.2, -0.15) is 5.10 Å². The summed E-state index contributed by atoms with van der Waals surface area (Å²) in [6.45, 7) is 6.16. The average Bonchev–Trinajstić information content (AvgIpc) is 2.56. The van der Waals surface area contributed by atoms with Gasteiger partial charge in [-0.05, 0) is 26.3 Å². The van der Waals surface area contributed by atoms with Crippen LogP contribution in [-0.2, 0) is 0 Å². The number of rotatable bonds is 2. The normalized spacial score (nSPS) is 11.0. The Kier molecular flexibility index (Phi) is 2.69. The maximum atomic E-state index is 6.14. The molecule has 0 aliphatic carbocycles. The van der Waals surface area contributed by atoms with E-state index in [0.29, 0.717) is 0 Å². The molecule has 0 spiro atoms. The minimum atomic E-state index is 0.288.